The van der Waals surface area contributed by atoms with E-state index in [1.807, 2.05) is 24.3 Å². The molecule has 0 unspecified atom stereocenters. The lowest BCUT2D eigenvalue weighted by Gasteiger charge is -2.39. The van der Waals surface area contributed by atoms with Gasteiger partial charge >= 0.3 is 0 Å². The van der Waals surface area contributed by atoms with Crippen LogP contribution in [-0.4, -0.2) is 22.4 Å². The first-order chi connectivity index (χ1) is 14.8. The van der Waals surface area contributed by atoms with E-state index in [2.05, 4.69) is 93.7 Å². The zero-order chi connectivity index (χ0) is 25.2. The lowest BCUT2D eigenvalue weighted by atomic mass is 9.68. The fourth-order valence-electron chi connectivity index (χ4n) is 3.79. The molecule has 0 fully saturated rings. The Morgan fingerprint density at radius 2 is 1.00 bits per heavy atom. The number of fused-ring (bicyclic) bond motifs is 2. The topological polar surface area (TPSA) is 35.5 Å². The number of carbonyl (C=O) groups excluding carboxylic acids is 1. The van der Waals surface area contributed by atoms with E-state index >= 15 is 0 Å². The Hall–Kier alpha value is -1.86. The first kappa shape index (κ1) is 25.8. The van der Waals surface area contributed by atoms with E-state index < -0.39 is 16.6 Å². The number of hydrogen-bond acceptors (Lipinski definition) is 3. The van der Waals surface area contributed by atoms with Crippen LogP contribution in [-0.2, 0) is 5.41 Å². The summed E-state index contributed by atoms with van der Waals surface area (Å²) in [5.41, 5.74) is 3.26. The highest BCUT2D eigenvalue weighted by atomic mass is 28.4. The third-order valence-corrected chi connectivity index (χ3v) is 16.9. The molecule has 0 radical (unpaired) electrons. The molecule has 0 amide bonds. The average Bonchev–Trinajstić information content (AvgIpc) is 2.64. The molecule has 0 heterocycles. The second kappa shape index (κ2) is 7.84. The molecule has 3 nitrogen and oxygen atoms in total. The Bertz CT molecular complexity index is 1000. The summed E-state index contributed by atoms with van der Waals surface area (Å²) in [6.45, 7) is 26.9. The SMILES string of the molecule is CC1(C)c2cc(O[Si](C)(C)C(C)(C)C)ccc2C(=O)c2ccc(O[Si](C)(C)C(C)(C)C)cc21. The fourth-order valence-corrected chi connectivity index (χ4v) is 5.83. The molecule has 5 heteroatoms. The summed E-state index contributed by atoms with van der Waals surface area (Å²) in [6, 6.07) is 12.0. The van der Waals surface area contributed by atoms with Crippen LogP contribution in [0.5, 0.6) is 11.5 Å². The van der Waals surface area contributed by atoms with Gasteiger partial charge in [-0.1, -0.05) is 55.4 Å². The van der Waals surface area contributed by atoms with Gasteiger partial charge in [-0.25, -0.2) is 0 Å². The van der Waals surface area contributed by atoms with Crippen LogP contribution in [0.1, 0.15) is 82.4 Å². The molecule has 2 aromatic rings. The van der Waals surface area contributed by atoms with Gasteiger partial charge in [0.15, 0.2) is 5.78 Å². The zero-order valence-electron chi connectivity index (χ0n) is 22.7. The molecule has 0 atom stereocenters. The summed E-state index contributed by atoms with van der Waals surface area (Å²) < 4.78 is 13.2. The summed E-state index contributed by atoms with van der Waals surface area (Å²) in [5.74, 6) is 1.80. The summed E-state index contributed by atoms with van der Waals surface area (Å²) in [6.07, 6.45) is 0. The van der Waals surface area contributed by atoms with Crippen LogP contribution in [0.25, 0.3) is 0 Å². The highest BCUT2D eigenvalue weighted by Crippen LogP contribution is 2.46. The van der Waals surface area contributed by atoms with E-state index in [1.165, 1.54) is 0 Å². The van der Waals surface area contributed by atoms with Crippen molar-refractivity contribution in [1.82, 2.24) is 0 Å². The molecule has 0 saturated carbocycles. The molecule has 180 valence electrons. The van der Waals surface area contributed by atoms with Gasteiger partial charge in [0.2, 0.25) is 16.6 Å². The minimum absolute atomic E-state index is 0.0806. The molecule has 0 aromatic heterocycles. The van der Waals surface area contributed by atoms with Crippen molar-refractivity contribution >= 4 is 22.4 Å². The molecule has 1 aliphatic carbocycles. The van der Waals surface area contributed by atoms with Crippen LogP contribution in [0.3, 0.4) is 0 Å². The van der Waals surface area contributed by atoms with E-state index in [-0.39, 0.29) is 21.3 Å². The largest absolute Gasteiger partial charge is 0.543 e. The summed E-state index contributed by atoms with van der Waals surface area (Å²) in [7, 11) is -3.96. The van der Waals surface area contributed by atoms with Gasteiger partial charge in [-0.2, -0.15) is 0 Å². The third kappa shape index (κ3) is 4.59. The summed E-state index contributed by atoms with van der Waals surface area (Å²) in [5, 5.41) is 0.216. The molecule has 2 aromatic carbocycles. The fraction of sp³-hybridized carbons (Fsp3) is 0.536. The maximum Gasteiger partial charge on any atom is 0.250 e. The Labute approximate surface area is 203 Å². The molecule has 0 saturated heterocycles. The summed E-state index contributed by atoms with van der Waals surface area (Å²) in [4.78, 5) is 13.4. The maximum absolute atomic E-state index is 13.4. The van der Waals surface area contributed by atoms with E-state index in [4.69, 9.17) is 8.85 Å². The van der Waals surface area contributed by atoms with Crippen LogP contribution < -0.4 is 8.85 Å². The lowest BCUT2D eigenvalue weighted by molar-refractivity contribution is 0.103. The number of rotatable bonds is 4. The number of carbonyl (C=O) groups is 1. The number of ketones is 1. The van der Waals surface area contributed by atoms with Crippen molar-refractivity contribution in [2.45, 2.75) is 97.1 Å². The zero-order valence-corrected chi connectivity index (χ0v) is 24.7. The number of hydrogen-bond donors (Lipinski definition) is 0. The van der Waals surface area contributed by atoms with Crippen LogP contribution >= 0.6 is 0 Å². The Kier molecular flexibility index (Phi) is 6.12. The third-order valence-electron chi connectivity index (χ3n) is 8.18. The molecule has 3 rings (SSSR count). The number of benzene rings is 2. The molecule has 0 spiro atoms. The van der Waals surface area contributed by atoms with E-state index in [0.717, 1.165) is 33.8 Å². The molecule has 1 aliphatic rings. The van der Waals surface area contributed by atoms with E-state index in [0.29, 0.717) is 0 Å². The van der Waals surface area contributed by atoms with Crippen LogP contribution in [0.4, 0.5) is 0 Å². The first-order valence-corrected chi connectivity index (χ1v) is 17.8. The lowest BCUT2D eigenvalue weighted by Crippen LogP contribution is -2.44. The van der Waals surface area contributed by atoms with Crippen molar-refractivity contribution in [3.63, 3.8) is 0 Å². The first-order valence-electron chi connectivity index (χ1n) is 12.0. The van der Waals surface area contributed by atoms with Gasteiger partial charge in [-0.3, -0.25) is 4.79 Å². The van der Waals surface area contributed by atoms with Gasteiger partial charge < -0.3 is 8.85 Å². The van der Waals surface area contributed by atoms with Crippen LogP contribution in [0.2, 0.25) is 36.3 Å². The standard InChI is InChI=1S/C28H42O3Si2/c1-26(2,3)32(9,10)30-19-13-15-21-23(17-19)28(7,8)24-18-20(14-16-22(24)25(21)29)31-33(11,12)27(4,5)6/h13-18H,1-12H3. The van der Waals surface area contributed by atoms with Crippen molar-refractivity contribution < 1.29 is 13.6 Å². The predicted molar refractivity (Wildman–Crippen MR) is 144 cm³/mol. The van der Waals surface area contributed by atoms with Gasteiger partial charge in [0.1, 0.15) is 11.5 Å². The minimum Gasteiger partial charge on any atom is -0.543 e. The highest BCUT2D eigenvalue weighted by Gasteiger charge is 2.42. The minimum atomic E-state index is -1.98. The van der Waals surface area contributed by atoms with Crippen molar-refractivity contribution in [1.29, 1.82) is 0 Å². The molecule has 0 N–H and O–H groups in total. The molecule has 0 aliphatic heterocycles. The van der Waals surface area contributed by atoms with Crippen molar-refractivity contribution in [2.24, 2.45) is 0 Å². The Morgan fingerprint density at radius 3 is 1.30 bits per heavy atom. The van der Waals surface area contributed by atoms with Crippen molar-refractivity contribution in [3.8, 4) is 11.5 Å². The van der Waals surface area contributed by atoms with E-state index in [9.17, 15) is 4.79 Å². The molecule has 0 bridgehead atoms. The molecular formula is C28H42O3Si2. The maximum atomic E-state index is 13.4. The van der Waals surface area contributed by atoms with E-state index in [1.54, 1.807) is 0 Å². The van der Waals surface area contributed by atoms with Crippen molar-refractivity contribution in [2.75, 3.05) is 0 Å². The Morgan fingerprint density at radius 1 is 0.667 bits per heavy atom. The normalized spacial score (nSPS) is 16.2. The van der Waals surface area contributed by atoms with Gasteiger partial charge in [0.05, 0.1) is 0 Å². The second-order valence-electron chi connectivity index (χ2n) is 13.1. The van der Waals surface area contributed by atoms with Gasteiger partial charge in [-0.15, -0.1) is 0 Å². The van der Waals surface area contributed by atoms with Crippen molar-refractivity contribution in [3.05, 3.63) is 58.7 Å². The van der Waals surface area contributed by atoms with Gasteiger partial charge in [-0.05, 0) is 83.8 Å². The molecule has 33 heavy (non-hydrogen) atoms. The van der Waals surface area contributed by atoms with Crippen LogP contribution in [0, 0.1) is 0 Å². The predicted octanol–water partition coefficient (Wildman–Crippen LogP) is 8.32. The smallest absolute Gasteiger partial charge is 0.250 e. The average molecular weight is 483 g/mol. The van der Waals surface area contributed by atoms with Gasteiger partial charge in [0, 0.05) is 16.5 Å². The molecular weight excluding hydrogens is 440 g/mol. The quantitative estimate of drug-likeness (QED) is 0.411. The second-order valence-corrected chi connectivity index (χ2v) is 22.5. The summed E-state index contributed by atoms with van der Waals surface area (Å²) >= 11 is 0. The van der Waals surface area contributed by atoms with Crippen LogP contribution in [0.15, 0.2) is 36.4 Å². The Balaban J connectivity index is 2.06. The monoisotopic (exact) mass is 482 g/mol. The highest BCUT2D eigenvalue weighted by molar-refractivity contribution is 6.75. The van der Waals surface area contributed by atoms with Gasteiger partial charge in [0.25, 0.3) is 0 Å².